The zero-order valence-corrected chi connectivity index (χ0v) is 18.7. The van der Waals surface area contributed by atoms with Gasteiger partial charge in [0.1, 0.15) is 5.82 Å². The first-order valence-electron chi connectivity index (χ1n) is 10.6. The van der Waals surface area contributed by atoms with Crippen molar-refractivity contribution in [2.24, 2.45) is 11.7 Å². The molecule has 2 heterocycles. The third-order valence-corrected chi connectivity index (χ3v) is 5.92. The van der Waals surface area contributed by atoms with Gasteiger partial charge in [0.15, 0.2) is 5.16 Å². The van der Waals surface area contributed by atoms with E-state index in [0.29, 0.717) is 29.9 Å². The van der Waals surface area contributed by atoms with Crippen LogP contribution in [-0.4, -0.2) is 51.1 Å². The number of carbonyl (C=O) groups excluding carboxylic acids is 2. The first-order valence-corrected chi connectivity index (χ1v) is 11.6. The summed E-state index contributed by atoms with van der Waals surface area (Å²) in [6.07, 6.45) is 6.10. The Kier molecular flexibility index (Phi) is 9.93. The molecule has 0 aromatic carbocycles. The number of hydrogen-bond donors (Lipinski definition) is 2. The molecule has 0 spiro atoms. The quantitative estimate of drug-likeness (QED) is 0.469. The van der Waals surface area contributed by atoms with Crippen molar-refractivity contribution in [3.63, 3.8) is 0 Å². The maximum atomic E-state index is 12.3. The minimum absolute atomic E-state index is 0.00241. The van der Waals surface area contributed by atoms with Crippen molar-refractivity contribution in [1.82, 2.24) is 20.1 Å². The maximum Gasteiger partial charge on any atom is 0.230 e. The van der Waals surface area contributed by atoms with Crippen molar-refractivity contribution >= 4 is 23.6 Å². The number of nitrogens with two attached hydrogens (primary N) is 1. The van der Waals surface area contributed by atoms with Crippen molar-refractivity contribution in [2.45, 2.75) is 89.6 Å². The van der Waals surface area contributed by atoms with Gasteiger partial charge in [-0.25, -0.2) is 0 Å². The van der Waals surface area contributed by atoms with Gasteiger partial charge in [0.25, 0.3) is 0 Å². The number of carbonyl (C=O) groups is 2. The third kappa shape index (κ3) is 8.74. The van der Waals surface area contributed by atoms with Crippen molar-refractivity contribution < 1.29 is 14.3 Å². The number of aromatic nitrogens is 3. The summed E-state index contributed by atoms with van der Waals surface area (Å²) in [5.41, 5.74) is 5.28. The molecule has 8 nitrogen and oxygen atoms in total. The fraction of sp³-hybridized carbons (Fsp3) is 0.800. The van der Waals surface area contributed by atoms with Gasteiger partial charge in [-0.05, 0) is 32.1 Å². The molecule has 164 valence electrons. The number of ether oxygens (including phenoxy) is 1. The van der Waals surface area contributed by atoms with Gasteiger partial charge in [0.2, 0.25) is 11.8 Å². The Hall–Kier alpha value is -1.61. The Labute approximate surface area is 177 Å². The molecule has 0 bridgehead atoms. The van der Waals surface area contributed by atoms with E-state index in [1.807, 2.05) is 11.5 Å². The van der Waals surface area contributed by atoms with Gasteiger partial charge < -0.3 is 20.4 Å². The minimum atomic E-state index is -0.364. The second-order valence-electron chi connectivity index (χ2n) is 8.19. The van der Waals surface area contributed by atoms with Gasteiger partial charge in [-0.2, -0.15) is 0 Å². The van der Waals surface area contributed by atoms with Gasteiger partial charge in [0, 0.05) is 25.5 Å². The highest BCUT2D eigenvalue weighted by atomic mass is 32.2. The number of amides is 2. The smallest absolute Gasteiger partial charge is 0.230 e. The SMILES string of the molecule is CC(C)CCC[C@@H](C)NC(=O)CSc1nnc(CCC(N)=O)n1C[C@@H]1CCCO1. The summed E-state index contributed by atoms with van der Waals surface area (Å²) in [5, 5.41) is 12.2. The van der Waals surface area contributed by atoms with E-state index >= 15 is 0 Å². The van der Waals surface area contributed by atoms with Crippen LogP contribution in [0.25, 0.3) is 0 Å². The van der Waals surface area contributed by atoms with Gasteiger partial charge in [-0.1, -0.05) is 38.5 Å². The Morgan fingerprint density at radius 2 is 2.10 bits per heavy atom. The number of thioether (sulfide) groups is 1. The lowest BCUT2D eigenvalue weighted by Gasteiger charge is -2.16. The van der Waals surface area contributed by atoms with E-state index in [1.165, 1.54) is 18.2 Å². The number of nitrogens with one attached hydrogen (secondary N) is 1. The summed E-state index contributed by atoms with van der Waals surface area (Å²) in [6.45, 7) is 7.87. The lowest BCUT2D eigenvalue weighted by atomic mass is 10.0. The molecule has 1 aromatic heterocycles. The van der Waals surface area contributed by atoms with Crippen LogP contribution < -0.4 is 11.1 Å². The molecule has 9 heteroatoms. The van der Waals surface area contributed by atoms with E-state index in [4.69, 9.17) is 10.5 Å². The topological polar surface area (TPSA) is 112 Å². The molecule has 0 radical (unpaired) electrons. The van der Waals surface area contributed by atoms with E-state index in [1.54, 1.807) is 0 Å². The molecule has 0 saturated carbocycles. The number of hydrogen-bond acceptors (Lipinski definition) is 6. The van der Waals surface area contributed by atoms with E-state index in [2.05, 4.69) is 29.4 Å². The number of primary amides is 1. The molecule has 1 fully saturated rings. The molecule has 29 heavy (non-hydrogen) atoms. The maximum absolute atomic E-state index is 12.3. The average molecular weight is 426 g/mol. The Balaban J connectivity index is 1.89. The van der Waals surface area contributed by atoms with Crippen molar-refractivity contribution in [3.05, 3.63) is 5.82 Å². The second-order valence-corrected chi connectivity index (χ2v) is 9.14. The van der Waals surface area contributed by atoms with Gasteiger partial charge in [-0.15, -0.1) is 10.2 Å². The van der Waals surface area contributed by atoms with E-state index in [9.17, 15) is 9.59 Å². The second kappa shape index (κ2) is 12.2. The Morgan fingerprint density at radius 3 is 2.76 bits per heavy atom. The summed E-state index contributed by atoms with van der Waals surface area (Å²) in [4.78, 5) is 23.5. The molecular weight excluding hydrogens is 390 g/mol. The highest BCUT2D eigenvalue weighted by Gasteiger charge is 2.22. The zero-order valence-electron chi connectivity index (χ0n) is 17.9. The first kappa shape index (κ1) is 23.7. The monoisotopic (exact) mass is 425 g/mol. The summed E-state index contributed by atoms with van der Waals surface area (Å²) < 4.78 is 7.71. The van der Waals surface area contributed by atoms with E-state index in [-0.39, 0.29) is 36.1 Å². The van der Waals surface area contributed by atoms with E-state index in [0.717, 1.165) is 32.3 Å². The zero-order chi connectivity index (χ0) is 21.2. The van der Waals surface area contributed by atoms with Crippen LogP contribution in [0.1, 0.15) is 65.1 Å². The molecule has 2 amide bonds. The standard InChI is InChI=1S/C20H35N5O3S/c1-14(2)6-4-7-15(3)22-19(27)13-29-20-24-23-18(10-9-17(21)26)25(20)12-16-8-5-11-28-16/h14-16H,4-13H2,1-3H3,(H2,21,26)(H,22,27)/t15-,16+/m1/s1. The van der Waals surface area contributed by atoms with Crippen LogP contribution in [-0.2, 0) is 27.3 Å². The highest BCUT2D eigenvalue weighted by molar-refractivity contribution is 7.99. The lowest BCUT2D eigenvalue weighted by Crippen LogP contribution is -2.34. The molecule has 1 saturated heterocycles. The summed E-state index contributed by atoms with van der Waals surface area (Å²) >= 11 is 1.37. The van der Waals surface area contributed by atoms with Crippen LogP contribution in [0.5, 0.6) is 0 Å². The van der Waals surface area contributed by atoms with Crippen LogP contribution in [0.4, 0.5) is 0 Å². The van der Waals surface area contributed by atoms with Crippen LogP contribution in [0, 0.1) is 5.92 Å². The Morgan fingerprint density at radius 1 is 1.31 bits per heavy atom. The fourth-order valence-electron chi connectivity index (χ4n) is 3.37. The van der Waals surface area contributed by atoms with Gasteiger partial charge in [-0.3, -0.25) is 9.59 Å². The van der Waals surface area contributed by atoms with Gasteiger partial charge >= 0.3 is 0 Å². The van der Waals surface area contributed by atoms with Gasteiger partial charge in [0.05, 0.1) is 18.4 Å². The fourth-order valence-corrected chi connectivity index (χ4v) is 4.15. The Bertz CT molecular complexity index is 659. The molecule has 0 unspecified atom stereocenters. The number of aryl methyl sites for hydroxylation is 1. The minimum Gasteiger partial charge on any atom is -0.376 e. The largest absolute Gasteiger partial charge is 0.376 e. The molecule has 3 N–H and O–H groups in total. The molecule has 1 aliphatic rings. The lowest BCUT2D eigenvalue weighted by molar-refractivity contribution is -0.119. The molecule has 2 rings (SSSR count). The molecular formula is C20H35N5O3S. The van der Waals surface area contributed by atoms with Crippen LogP contribution in [0.3, 0.4) is 0 Å². The van der Waals surface area contributed by atoms with Crippen LogP contribution in [0.15, 0.2) is 5.16 Å². The number of rotatable bonds is 13. The molecule has 1 aliphatic heterocycles. The predicted octanol–water partition coefficient (Wildman–Crippen LogP) is 2.30. The summed E-state index contributed by atoms with van der Waals surface area (Å²) in [5.74, 6) is 1.32. The molecule has 0 aliphatic carbocycles. The van der Waals surface area contributed by atoms with Crippen molar-refractivity contribution in [2.75, 3.05) is 12.4 Å². The predicted molar refractivity (Wildman–Crippen MR) is 114 cm³/mol. The normalized spacial score (nSPS) is 17.6. The molecule has 1 aromatic rings. The highest BCUT2D eigenvalue weighted by Crippen LogP contribution is 2.22. The third-order valence-electron chi connectivity index (χ3n) is 4.96. The molecule has 2 atom stereocenters. The summed E-state index contributed by atoms with van der Waals surface area (Å²) in [7, 11) is 0. The first-order chi connectivity index (χ1) is 13.8. The number of nitrogens with zero attached hydrogens (tertiary/aromatic N) is 3. The van der Waals surface area contributed by atoms with E-state index < -0.39 is 0 Å². The van der Waals surface area contributed by atoms with Crippen molar-refractivity contribution in [3.8, 4) is 0 Å². The summed E-state index contributed by atoms with van der Waals surface area (Å²) in [6, 6.07) is 0.165. The van der Waals surface area contributed by atoms with Crippen LogP contribution in [0.2, 0.25) is 0 Å². The van der Waals surface area contributed by atoms with Crippen molar-refractivity contribution in [1.29, 1.82) is 0 Å². The van der Waals surface area contributed by atoms with Crippen LogP contribution >= 0.6 is 11.8 Å². The average Bonchev–Trinajstić information content (AvgIpc) is 3.28.